The summed E-state index contributed by atoms with van der Waals surface area (Å²) in [4.78, 5) is 8.72. The summed E-state index contributed by atoms with van der Waals surface area (Å²) in [5.74, 6) is 0. The molecule has 1 aromatic heterocycles. The van der Waals surface area contributed by atoms with Crippen LogP contribution in [0, 0.1) is 6.92 Å². The van der Waals surface area contributed by atoms with Gasteiger partial charge in [-0.15, -0.1) is 0 Å². The van der Waals surface area contributed by atoms with E-state index >= 15 is 0 Å². The highest BCUT2D eigenvalue weighted by Gasteiger charge is 2.13. The first-order valence-corrected chi connectivity index (χ1v) is 6.36. The van der Waals surface area contributed by atoms with Crippen LogP contribution in [0.3, 0.4) is 0 Å². The lowest BCUT2D eigenvalue weighted by atomic mass is 10.0. The van der Waals surface area contributed by atoms with Gasteiger partial charge in [-0.3, -0.25) is 9.97 Å². The normalized spacial score (nSPS) is 12.3. The van der Waals surface area contributed by atoms with Crippen LogP contribution < -0.4 is 5.32 Å². The zero-order valence-electron chi connectivity index (χ0n) is 10.9. The summed E-state index contributed by atoms with van der Waals surface area (Å²) in [5, 5.41) is 3.51. The van der Waals surface area contributed by atoms with Crippen molar-refractivity contribution >= 4 is 0 Å². The van der Waals surface area contributed by atoms with Crippen LogP contribution in [0.5, 0.6) is 0 Å². The molecule has 0 fully saturated rings. The van der Waals surface area contributed by atoms with Crippen LogP contribution in [0.4, 0.5) is 0 Å². The van der Waals surface area contributed by atoms with Gasteiger partial charge in [0.25, 0.3) is 0 Å². The van der Waals surface area contributed by atoms with Gasteiger partial charge in [-0.1, -0.05) is 37.3 Å². The van der Waals surface area contributed by atoms with E-state index in [4.69, 9.17) is 0 Å². The van der Waals surface area contributed by atoms with E-state index in [9.17, 15) is 0 Å². The molecule has 0 aliphatic carbocycles. The van der Waals surface area contributed by atoms with Crippen molar-refractivity contribution in [2.45, 2.75) is 26.3 Å². The van der Waals surface area contributed by atoms with Crippen molar-refractivity contribution in [3.05, 3.63) is 59.7 Å². The number of aryl methyl sites for hydroxylation is 1. The third-order valence-corrected chi connectivity index (χ3v) is 3.03. The molecule has 1 heterocycles. The molecule has 2 rings (SSSR count). The van der Waals surface area contributed by atoms with Gasteiger partial charge in [-0.25, -0.2) is 0 Å². The molecule has 3 heteroatoms. The van der Waals surface area contributed by atoms with Gasteiger partial charge in [0.15, 0.2) is 0 Å². The number of benzene rings is 1. The molecular formula is C15H19N3. The van der Waals surface area contributed by atoms with Crippen molar-refractivity contribution in [2.75, 3.05) is 6.54 Å². The smallest absolute Gasteiger partial charge is 0.0634 e. The number of hydrogen-bond acceptors (Lipinski definition) is 3. The molecule has 0 saturated heterocycles. The monoisotopic (exact) mass is 241 g/mol. The summed E-state index contributed by atoms with van der Waals surface area (Å²) < 4.78 is 0. The van der Waals surface area contributed by atoms with Crippen LogP contribution in [-0.2, 0) is 6.42 Å². The van der Waals surface area contributed by atoms with E-state index in [2.05, 4.69) is 46.5 Å². The average molecular weight is 241 g/mol. The number of rotatable bonds is 5. The quantitative estimate of drug-likeness (QED) is 0.874. The molecular weight excluding hydrogens is 222 g/mol. The first-order valence-electron chi connectivity index (χ1n) is 6.36. The maximum atomic E-state index is 4.42. The Kier molecular flexibility index (Phi) is 4.42. The predicted molar refractivity (Wildman–Crippen MR) is 73.3 cm³/mol. The van der Waals surface area contributed by atoms with E-state index in [1.807, 2.05) is 13.0 Å². The molecule has 0 radical (unpaired) electrons. The lowest BCUT2D eigenvalue weighted by Crippen LogP contribution is -2.23. The molecule has 1 atom stereocenters. The van der Waals surface area contributed by atoms with E-state index in [0.717, 1.165) is 24.4 Å². The van der Waals surface area contributed by atoms with Gasteiger partial charge in [0.2, 0.25) is 0 Å². The van der Waals surface area contributed by atoms with Crippen LogP contribution in [0.1, 0.15) is 29.9 Å². The second-order valence-electron chi connectivity index (χ2n) is 4.31. The Balaban J connectivity index is 2.19. The SMILES string of the molecule is CCNC(Cc1nccnc1C)c1ccccc1. The molecule has 0 aliphatic rings. The van der Waals surface area contributed by atoms with Gasteiger partial charge < -0.3 is 5.32 Å². The van der Waals surface area contributed by atoms with E-state index in [-0.39, 0.29) is 0 Å². The number of likely N-dealkylation sites (N-methyl/N-ethyl adjacent to an activating group) is 1. The Morgan fingerprint density at radius 3 is 2.50 bits per heavy atom. The first-order chi connectivity index (χ1) is 8.81. The Labute approximate surface area is 108 Å². The fourth-order valence-corrected chi connectivity index (χ4v) is 2.07. The summed E-state index contributed by atoms with van der Waals surface area (Å²) in [7, 11) is 0. The summed E-state index contributed by atoms with van der Waals surface area (Å²) in [6.45, 7) is 5.08. The highest BCUT2D eigenvalue weighted by Crippen LogP contribution is 2.18. The standard InChI is InChI=1S/C15H19N3/c1-3-16-15(13-7-5-4-6-8-13)11-14-12(2)17-9-10-18-14/h4-10,15-16H,3,11H2,1-2H3. The third kappa shape index (κ3) is 3.14. The number of nitrogens with one attached hydrogen (secondary N) is 1. The Hall–Kier alpha value is -1.74. The van der Waals surface area contributed by atoms with Crippen molar-refractivity contribution in [3.63, 3.8) is 0 Å². The molecule has 0 saturated carbocycles. The van der Waals surface area contributed by atoms with Crippen LogP contribution in [0.25, 0.3) is 0 Å². The molecule has 0 bridgehead atoms. The molecule has 1 N–H and O–H groups in total. The average Bonchev–Trinajstić information content (AvgIpc) is 2.42. The second kappa shape index (κ2) is 6.26. The highest BCUT2D eigenvalue weighted by atomic mass is 14.9. The summed E-state index contributed by atoms with van der Waals surface area (Å²) >= 11 is 0. The maximum Gasteiger partial charge on any atom is 0.0634 e. The third-order valence-electron chi connectivity index (χ3n) is 3.03. The van der Waals surface area contributed by atoms with Gasteiger partial charge in [-0.2, -0.15) is 0 Å². The molecule has 94 valence electrons. The molecule has 0 spiro atoms. The van der Waals surface area contributed by atoms with Crippen LogP contribution >= 0.6 is 0 Å². The fraction of sp³-hybridized carbons (Fsp3) is 0.333. The van der Waals surface area contributed by atoms with Crippen LogP contribution in [0.15, 0.2) is 42.7 Å². The lowest BCUT2D eigenvalue weighted by Gasteiger charge is -2.18. The maximum absolute atomic E-state index is 4.42. The summed E-state index contributed by atoms with van der Waals surface area (Å²) in [6, 6.07) is 10.8. The lowest BCUT2D eigenvalue weighted by molar-refractivity contribution is 0.541. The number of hydrogen-bond donors (Lipinski definition) is 1. The highest BCUT2D eigenvalue weighted by molar-refractivity contribution is 5.22. The van der Waals surface area contributed by atoms with Gasteiger partial charge in [0.05, 0.1) is 11.4 Å². The zero-order chi connectivity index (χ0) is 12.8. The molecule has 2 aromatic rings. The Morgan fingerprint density at radius 2 is 1.83 bits per heavy atom. The van der Waals surface area contributed by atoms with Crippen molar-refractivity contribution in [3.8, 4) is 0 Å². The Morgan fingerprint density at radius 1 is 1.11 bits per heavy atom. The summed E-state index contributed by atoms with van der Waals surface area (Å²) in [5.41, 5.74) is 3.37. The largest absolute Gasteiger partial charge is 0.310 e. The van der Waals surface area contributed by atoms with E-state index in [0.29, 0.717) is 6.04 Å². The molecule has 0 aliphatic heterocycles. The number of nitrogens with zero attached hydrogens (tertiary/aromatic N) is 2. The van der Waals surface area contributed by atoms with Crippen LogP contribution in [-0.4, -0.2) is 16.5 Å². The van der Waals surface area contributed by atoms with Crippen molar-refractivity contribution < 1.29 is 0 Å². The minimum Gasteiger partial charge on any atom is -0.310 e. The fourth-order valence-electron chi connectivity index (χ4n) is 2.07. The van der Waals surface area contributed by atoms with Crippen molar-refractivity contribution in [1.82, 2.24) is 15.3 Å². The predicted octanol–water partition coefficient (Wildman–Crippen LogP) is 2.68. The van der Waals surface area contributed by atoms with Gasteiger partial charge >= 0.3 is 0 Å². The van der Waals surface area contributed by atoms with E-state index in [1.165, 1.54) is 5.56 Å². The van der Waals surface area contributed by atoms with E-state index in [1.54, 1.807) is 12.4 Å². The Bertz CT molecular complexity index is 482. The molecule has 18 heavy (non-hydrogen) atoms. The molecule has 0 amide bonds. The van der Waals surface area contributed by atoms with E-state index < -0.39 is 0 Å². The zero-order valence-corrected chi connectivity index (χ0v) is 10.9. The topological polar surface area (TPSA) is 37.8 Å². The molecule has 1 aromatic carbocycles. The molecule has 1 unspecified atom stereocenters. The van der Waals surface area contributed by atoms with Crippen molar-refractivity contribution in [1.29, 1.82) is 0 Å². The molecule has 3 nitrogen and oxygen atoms in total. The van der Waals surface area contributed by atoms with Crippen molar-refractivity contribution in [2.24, 2.45) is 0 Å². The van der Waals surface area contributed by atoms with Crippen LogP contribution in [0.2, 0.25) is 0 Å². The summed E-state index contributed by atoms with van der Waals surface area (Å²) in [6.07, 6.45) is 4.37. The van der Waals surface area contributed by atoms with Gasteiger partial charge in [0, 0.05) is 24.9 Å². The second-order valence-corrected chi connectivity index (χ2v) is 4.31. The first kappa shape index (κ1) is 12.7. The minimum atomic E-state index is 0.298. The van der Waals surface area contributed by atoms with Gasteiger partial charge in [0.1, 0.15) is 0 Å². The minimum absolute atomic E-state index is 0.298. The van der Waals surface area contributed by atoms with Gasteiger partial charge in [-0.05, 0) is 19.0 Å². The number of aromatic nitrogens is 2.